The van der Waals surface area contributed by atoms with Crippen molar-refractivity contribution in [3.05, 3.63) is 70.5 Å². The van der Waals surface area contributed by atoms with E-state index in [1.54, 1.807) is 12.1 Å². The van der Waals surface area contributed by atoms with Crippen molar-refractivity contribution in [3.8, 4) is 0 Å². The second kappa shape index (κ2) is 8.28. The Labute approximate surface area is 152 Å². The Morgan fingerprint density at radius 1 is 1.21 bits per heavy atom. The lowest BCUT2D eigenvalue weighted by molar-refractivity contribution is -0.101. The third kappa shape index (κ3) is 3.44. The Morgan fingerprint density at radius 3 is 2.54 bits per heavy atom. The smallest absolute Gasteiger partial charge is 0.130 e. The highest BCUT2D eigenvalue weighted by Gasteiger charge is 2.46. The van der Waals surface area contributed by atoms with E-state index >= 15 is 0 Å². The van der Waals surface area contributed by atoms with Gasteiger partial charge in [-0.3, -0.25) is 0 Å². The number of ether oxygens (including phenoxy) is 1. The van der Waals surface area contributed by atoms with Gasteiger partial charge in [0.15, 0.2) is 0 Å². The molecule has 3 rings (SSSR count). The highest BCUT2D eigenvalue weighted by atomic mass is 35.5. The van der Waals surface area contributed by atoms with Crippen LogP contribution in [0.15, 0.2) is 48.5 Å². The highest BCUT2D eigenvalue weighted by molar-refractivity contribution is 6.31. The first-order valence-corrected chi connectivity index (χ1v) is 8.02. The summed E-state index contributed by atoms with van der Waals surface area (Å²) in [6, 6.07) is 14.1. The Bertz CT molecular complexity index is 643. The van der Waals surface area contributed by atoms with Crippen LogP contribution in [0.1, 0.15) is 17.0 Å². The van der Waals surface area contributed by atoms with Gasteiger partial charge in [0, 0.05) is 29.6 Å². The third-order valence-corrected chi connectivity index (χ3v) is 4.67. The van der Waals surface area contributed by atoms with Crippen LogP contribution in [0.2, 0.25) is 5.02 Å². The molecule has 24 heavy (non-hydrogen) atoms. The number of rotatable bonds is 4. The molecule has 0 spiro atoms. The maximum atomic E-state index is 14.6. The Hall–Kier alpha value is -1.17. The van der Waals surface area contributed by atoms with Crippen LogP contribution < -0.4 is 5.32 Å². The van der Waals surface area contributed by atoms with Crippen molar-refractivity contribution in [1.82, 2.24) is 5.32 Å². The first kappa shape index (κ1) is 19.2. The fraction of sp³-hybridized carbons (Fsp3) is 0.333. The molecular weight excluding hydrogens is 352 g/mol. The molecule has 130 valence electrons. The average molecular weight is 372 g/mol. The van der Waals surface area contributed by atoms with E-state index in [2.05, 4.69) is 5.32 Å². The normalized spacial score (nSPS) is 21.8. The summed E-state index contributed by atoms with van der Waals surface area (Å²) >= 11 is 6.31. The minimum atomic E-state index is -1.04. The number of nitrogens with one attached hydrogen (secondary N) is 1. The summed E-state index contributed by atoms with van der Waals surface area (Å²) in [5.74, 6) is -0.846. The predicted molar refractivity (Wildman–Crippen MR) is 95.4 cm³/mol. The topological polar surface area (TPSA) is 41.5 Å². The van der Waals surface area contributed by atoms with Crippen LogP contribution >= 0.6 is 24.0 Å². The van der Waals surface area contributed by atoms with Gasteiger partial charge < -0.3 is 15.2 Å². The molecule has 2 N–H and O–H groups in total. The first-order chi connectivity index (χ1) is 11.2. The monoisotopic (exact) mass is 371 g/mol. The minimum absolute atomic E-state index is 0. The Balaban J connectivity index is 0.00000208. The molecule has 0 saturated carbocycles. The molecule has 2 aromatic rings. The van der Waals surface area contributed by atoms with Gasteiger partial charge in [0.1, 0.15) is 11.4 Å². The van der Waals surface area contributed by atoms with Crippen LogP contribution in [0.25, 0.3) is 0 Å². The molecule has 1 aliphatic rings. The molecule has 2 unspecified atom stereocenters. The fourth-order valence-electron chi connectivity index (χ4n) is 3.30. The minimum Gasteiger partial charge on any atom is -0.396 e. The van der Waals surface area contributed by atoms with Crippen LogP contribution in [0.4, 0.5) is 4.39 Å². The van der Waals surface area contributed by atoms with E-state index in [9.17, 15) is 9.50 Å². The van der Waals surface area contributed by atoms with Gasteiger partial charge in [0.25, 0.3) is 0 Å². The number of morpholine rings is 1. The largest absolute Gasteiger partial charge is 0.396 e. The molecular formula is C18H20Cl2FNO2. The predicted octanol–water partition coefficient (Wildman–Crippen LogP) is 3.49. The molecule has 6 heteroatoms. The number of aliphatic hydroxyl groups is 1. The number of aliphatic hydroxyl groups excluding tert-OH is 1. The van der Waals surface area contributed by atoms with Crippen LogP contribution in [0.5, 0.6) is 0 Å². The molecule has 0 bridgehead atoms. The molecule has 0 aliphatic carbocycles. The molecule has 0 radical (unpaired) electrons. The summed E-state index contributed by atoms with van der Waals surface area (Å²) in [6.07, 6.45) is 0. The van der Waals surface area contributed by atoms with E-state index in [-0.39, 0.29) is 19.0 Å². The molecule has 2 atom stereocenters. The van der Waals surface area contributed by atoms with Crippen LogP contribution in [0.3, 0.4) is 0 Å². The molecule has 0 aromatic heterocycles. The molecule has 0 amide bonds. The van der Waals surface area contributed by atoms with Gasteiger partial charge in [0.2, 0.25) is 0 Å². The Morgan fingerprint density at radius 2 is 1.96 bits per heavy atom. The van der Waals surface area contributed by atoms with Gasteiger partial charge in [-0.05, 0) is 17.7 Å². The first-order valence-electron chi connectivity index (χ1n) is 7.64. The van der Waals surface area contributed by atoms with E-state index < -0.39 is 17.3 Å². The van der Waals surface area contributed by atoms with Crippen LogP contribution in [0, 0.1) is 5.82 Å². The lowest BCUT2D eigenvalue weighted by atomic mass is 9.76. The molecule has 1 aliphatic heterocycles. The fourth-order valence-corrected chi connectivity index (χ4v) is 3.62. The van der Waals surface area contributed by atoms with Gasteiger partial charge in [0.05, 0.1) is 13.2 Å². The maximum absolute atomic E-state index is 14.6. The van der Waals surface area contributed by atoms with Crippen molar-refractivity contribution >= 4 is 24.0 Å². The van der Waals surface area contributed by atoms with E-state index in [4.69, 9.17) is 16.3 Å². The van der Waals surface area contributed by atoms with Crippen molar-refractivity contribution in [2.24, 2.45) is 0 Å². The van der Waals surface area contributed by atoms with Crippen molar-refractivity contribution in [2.75, 3.05) is 26.3 Å². The van der Waals surface area contributed by atoms with Crippen molar-refractivity contribution in [3.63, 3.8) is 0 Å². The van der Waals surface area contributed by atoms with Crippen molar-refractivity contribution < 1.29 is 14.2 Å². The van der Waals surface area contributed by atoms with Crippen LogP contribution in [-0.4, -0.2) is 31.4 Å². The van der Waals surface area contributed by atoms with Gasteiger partial charge >= 0.3 is 0 Å². The highest BCUT2D eigenvalue weighted by Crippen LogP contribution is 2.44. The number of halogens is 3. The summed E-state index contributed by atoms with van der Waals surface area (Å²) < 4.78 is 20.7. The standard InChI is InChI=1S/C18H19ClFNO2.ClH/c19-15-7-4-8-16(20)17(15)18(12-21-9-10-23-18)14(11-22)13-5-2-1-3-6-13;/h1-8,14,21-22H,9-12H2;1H. The molecule has 1 heterocycles. The summed E-state index contributed by atoms with van der Waals surface area (Å²) in [5, 5.41) is 13.6. The second-order valence-electron chi connectivity index (χ2n) is 5.66. The second-order valence-corrected chi connectivity index (χ2v) is 6.06. The molecule has 3 nitrogen and oxygen atoms in total. The number of benzene rings is 2. The van der Waals surface area contributed by atoms with E-state index in [1.165, 1.54) is 6.07 Å². The van der Waals surface area contributed by atoms with Crippen LogP contribution in [-0.2, 0) is 10.3 Å². The molecule has 1 fully saturated rings. The summed E-state index contributed by atoms with van der Waals surface area (Å²) in [5.41, 5.74) is 0.145. The molecule has 1 saturated heterocycles. The van der Waals surface area contributed by atoms with Gasteiger partial charge in [-0.15, -0.1) is 12.4 Å². The maximum Gasteiger partial charge on any atom is 0.130 e. The van der Waals surface area contributed by atoms with Crippen molar-refractivity contribution in [1.29, 1.82) is 0 Å². The quantitative estimate of drug-likeness (QED) is 0.864. The zero-order valence-electron chi connectivity index (χ0n) is 13.0. The van der Waals surface area contributed by atoms with E-state index in [0.717, 1.165) is 5.56 Å². The average Bonchev–Trinajstić information content (AvgIpc) is 2.57. The van der Waals surface area contributed by atoms with Gasteiger partial charge in [-0.1, -0.05) is 48.0 Å². The van der Waals surface area contributed by atoms with E-state index in [1.807, 2.05) is 30.3 Å². The molecule has 2 aromatic carbocycles. The zero-order valence-corrected chi connectivity index (χ0v) is 14.6. The van der Waals surface area contributed by atoms with Crippen molar-refractivity contribution in [2.45, 2.75) is 11.5 Å². The van der Waals surface area contributed by atoms with E-state index in [0.29, 0.717) is 30.3 Å². The Kier molecular flexibility index (Phi) is 6.61. The van der Waals surface area contributed by atoms with Gasteiger partial charge in [-0.25, -0.2) is 4.39 Å². The third-order valence-electron chi connectivity index (χ3n) is 4.36. The summed E-state index contributed by atoms with van der Waals surface area (Å²) in [4.78, 5) is 0. The van der Waals surface area contributed by atoms with Gasteiger partial charge in [-0.2, -0.15) is 0 Å². The number of hydrogen-bond donors (Lipinski definition) is 2. The SMILES string of the molecule is Cl.OCC(c1ccccc1)C1(c2c(F)cccc2Cl)CNCCO1. The lowest BCUT2D eigenvalue weighted by Gasteiger charge is -2.44. The zero-order chi connectivity index (χ0) is 16.3. The number of hydrogen-bond acceptors (Lipinski definition) is 3. The summed E-state index contributed by atoms with van der Waals surface area (Å²) in [6.45, 7) is 1.32. The lowest BCUT2D eigenvalue weighted by Crippen LogP contribution is -2.52. The summed E-state index contributed by atoms with van der Waals surface area (Å²) in [7, 11) is 0.